The zero-order valence-corrected chi connectivity index (χ0v) is 5.44. The monoisotopic (exact) mass is 131 g/mol. The number of urea groups is 1. The summed E-state index contributed by atoms with van der Waals surface area (Å²) in [6, 6.07) is -0.755. The summed E-state index contributed by atoms with van der Waals surface area (Å²) < 4.78 is 4.89. The number of hydrogen-bond acceptors (Lipinski definition) is 2. The molecule has 0 saturated heterocycles. The normalized spacial score (nSPS) is 9.00. The highest BCUT2D eigenvalue weighted by atomic mass is 16.5. The maximum absolute atomic E-state index is 9.91. The molecule has 1 radical (unpaired) electrons. The van der Waals surface area contributed by atoms with E-state index in [1.165, 1.54) is 0 Å². The summed E-state index contributed by atoms with van der Waals surface area (Å²) in [6.07, 6.45) is 0. The average molecular weight is 131 g/mol. The fourth-order valence-corrected chi connectivity index (χ4v) is 0.381. The lowest BCUT2D eigenvalue weighted by Crippen LogP contribution is -2.26. The van der Waals surface area contributed by atoms with Gasteiger partial charge in [0.15, 0.2) is 0 Å². The summed E-state index contributed by atoms with van der Waals surface area (Å²) >= 11 is 0. The third-order valence-electron chi connectivity index (χ3n) is 0.736. The Bertz CT molecular complexity index is 85.0. The average Bonchev–Trinajstić information content (AvgIpc) is 1.80. The Hall–Kier alpha value is -0.770. The first-order valence-corrected chi connectivity index (χ1v) is 2.84. The number of hydrogen-bond donors (Lipinski definition) is 1. The van der Waals surface area contributed by atoms with E-state index in [2.05, 4.69) is 5.32 Å². The van der Waals surface area contributed by atoms with Gasteiger partial charge in [-0.1, -0.05) is 0 Å². The number of amides is 2. The van der Waals surface area contributed by atoms with E-state index in [1.807, 2.05) is 6.92 Å². The second-order valence-corrected chi connectivity index (χ2v) is 1.45. The summed E-state index contributed by atoms with van der Waals surface area (Å²) in [5, 5.41) is 2.28. The molecule has 2 amide bonds. The van der Waals surface area contributed by atoms with Gasteiger partial charge in [-0.25, -0.2) is 10.5 Å². The first-order chi connectivity index (χ1) is 4.27. The minimum atomic E-state index is -0.755. The smallest absolute Gasteiger partial charge is 0.333 e. The highest BCUT2D eigenvalue weighted by Gasteiger charge is 1.89. The van der Waals surface area contributed by atoms with Crippen molar-refractivity contribution in [2.24, 2.45) is 0 Å². The number of ether oxygens (including phenoxy) is 1. The van der Waals surface area contributed by atoms with Crippen molar-refractivity contribution < 1.29 is 9.53 Å². The van der Waals surface area contributed by atoms with Gasteiger partial charge in [0.05, 0.1) is 6.61 Å². The first kappa shape index (κ1) is 8.23. The molecule has 53 valence electrons. The molecule has 0 aliphatic heterocycles. The van der Waals surface area contributed by atoms with Crippen LogP contribution >= 0.6 is 0 Å². The molecule has 4 nitrogen and oxygen atoms in total. The van der Waals surface area contributed by atoms with Gasteiger partial charge in [-0.2, -0.15) is 0 Å². The number of carbonyl (C=O) groups is 1. The summed E-state index contributed by atoms with van der Waals surface area (Å²) in [5.41, 5.74) is 6.41. The van der Waals surface area contributed by atoms with E-state index in [1.54, 1.807) is 0 Å². The first-order valence-electron chi connectivity index (χ1n) is 2.84. The van der Waals surface area contributed by atoms with Crippen molar-refractivity contribution in [2.45, 2.75) is 6.92 Å². The van der Waals surface area contributed by atoms with Gasteiger partial charge in [0.25, 0.3) is 0 Å². The van der Waals surface area contributed by atoms with Crippen molar-refractivity contribution in [3.05, 3.63) is 0 Å². The van der Waals surface area contributed by atoms with E-state index in [9.17, 15) is 4.79 Å². The topological polar surface area (TPSA) is 62.1 Å². The highest BCUT2D eigenvalue weighted by molar-refractivity contribution is 5.70. The third-order valence-corrected chi connectivity index (χ3v) is 0.736. The van der Waals surface area contributed by atoms with Crippen LogP contribution in [0.15, 0.2) is 0 Å². The van der Waals surface area contributed by atoms with E-state index < -0.39 is 6.03 Å². The lowest BCUT2D eigenvalue weighted by Gasteiger charge is -1.99. The van der Waals surface area contributed by atoms with Crippen LogP contribution in [0.2, 0.25) is 0 Å². The Morgan fingerprint density at radius 1 is 1.78 bits per heavy atom. The van der Waals surface area contributed by atoms with Crippen LogP contribution < -0.4 is 11.1 Å². The van der Waals surface area contributed by atoms with Crippen LogP contribution in [-0.4, -0.2) is 25.8 Å². The molecule has 0 rings (SSSR count). The maximum Gasteiger partial charge on any atom is 0.333 e. The summed E-state index contributed by atoms with van der Waals surface area (Å²) in [5.74, 6) is 0. The van der Waals surface area contributed by atoms with Crippen LogP contribution in [0.3, 0.4) is 0 Å². The zero-order valence-electron chi connectivity index (χ0n) is 5.44. The van der Waals surface area contributed by atoms with Gasteiger partial charge in [0.2, 0.25) is 0 Å². The van der Waals surface area contributed by atoms with Crippen molar-refractivity contribution in [2.75, 3.05) is 19.8 Å². The molecule has 0 aliphatic carbocycles. The highest BCUT2D eigenvalue weighted by Crippen LogP contribution is 1.69. The maximum atomic E-state index is 9.91. The predicted molar refractivity (Wildman–Crippen MR) is 33.0 cm³/mol. The van der Waals surface area contributed by atoms with Crippen molar-refractivity contribution in [1.82, 2.24) is 11.1 Å². The van der Waals surface area contributed by atoms with Crippen LogP contribution in [-0.2, 0) is 4.74 Å². The lowest BCUT2D eigenvalue weighted by atomic mass is 10.7. The Labute approximate surface area is 54.4 Å². The summed E-state index contributed by atoms with van der Waals surface area (Å²) in [6.45, 7) is 3.44. The second-order valence-electron chi connectivity index (χ2n) is 1.45. The number of nitrogens with one attached hydrogen (secondary N) is 2. The van der Waals surface area contributed by atoms with Gasteiger partial charge >= 0.3 is 6.03 Å². The molecule has 0 aliphatic rings. The lowest BCUT2D eigenvalue weighted by molar-refractivity contribution is 0.150. The van der Waals surface area contributed by atoms with Crippen molar-refractivity contribution in [1.29, 1.82) is 0 Å². The molecule has 2 N–H and O–H groups in total. The fourth-order valence-electron chi connectivity index (χ4n) is 0.381. The molecule has 9 heavy (non-hydrogen) atoms. The standard InChI is InChI=1S/C5H11N2O2/c1-2-9-4-3-7-5(6)8/h6H,2-4H2,1H3,(H,7,8). The Balaban J connectivity index is 2.83. The predicted octanol–water partition coefficient (Wildman–Crippen LogP) is 0.0154. The van der Waals surface area contributed by atoms with E-state index in [0.717, 1.165) is 0 Å². The SMILES string of the molecule is CCOCCNC([NH])=O. The fraction of sp³-hybridized carbons (Fsp3) is 0.800. The third kappa shape index (κ3) is 7.23. The Morgan fingerprint density at radius 3 is 2.89 bits per heavy atom. The minimum absolute atomic E-state index is 0.427. The molecule has 0 spiro atoms. The molecule has 0 atom stereocenters. The van der Waals surface area contributed by atoms with Crippen LogP contribution in [0.4, 0.5) is 4.79 Å². The van der Waals surface area contributed by atoms with Crippen molar-refractivity contribution >= 4 is 6.03 Å². The minimum Gasteiger partial charge on any atom is -0.380 e. The number of rotatable bonds is 4. The van der Waals surface area contributed by atoms with Gasteiger partial charge in [-0.3, -0.25) is 0 Å². The van der Waals surface area contributed by atoms with Crippen molar-refractivity contribution in [3.8, 4) is 0 Å². The summed E-state index contributed by atoms with van der Waals surface area (Å²) in [7, 11) is 0. The molecule has 0 bridgehead atoms. The van der Waals surface area contributed by atoms with Gasteiger partial charge in [-0.15, -0.1) is 0 Å². The molecule has 0 heterocycles. The van der Waals surface area contributed by atoms with Crippen LogP contribution in [0.25, 0.3) is 0 Å². The van der Waals surface area contributed by atoms with Gasteiger partial charge in [-0.05, 0) is 6.92 Å². The number of carbonyl (C=O) groups excluding carboxylic acids is 1. The van der Waals surface area contributed by atoms with Gasteiger partial charge < -0.3 is 10.1 Å². The molecule has 4 heteroatoms. The largest absolute Gasteiger partial charge is 0.380 e. The van der Waals surface area contributed by atoms with E-state index in [-0.39, 0.29) is 0 Å². The van der Waals surface area contributed by atoms with E-state index >= 15 is 0 Å². The van der Waals surface area contributed by atoms with Gasteiger partial charge in [0, 0.05) is 13.2 Å². The molecule has 0 unspecified atom stereocenters. The van der Waals surface area contributed by atoms with Gasteiger partial charge in [0.1, 0.15) is 0 Å². The molecule has 0 saturated carbocycles. The van der Waals surface area contributed by atoms with Crippen LogP contribution in [0, 0.1) is 0 Å². The summed E-state index contributed by atoms with van der Waals surface area (Å²) in [4.78, 5) is 9.91. The molecular formula is C5H11N2O2. The molecule has 0 aromatic rings. The van der Waals surface area contributed by atoms with Crippen LogP contribution in [0.5, 0.6) is 0 Å². The zero-order chi connectivity index (χ0) is 7.11. The molecule has 0 fully saturated rings. The Kier molecular flexibility index (Phi) is 4.91. The Morgan fingerprint density at radius 2 is 2.44 bits per heavy atom. The quantitative estimate of drug-likeness (QED) is 0.546. The molecule has 0 aromatic carbocycles. The van der Waals surface area contributed by atoms with E-state index in [0.29, 0.717) is 19.8 Å². The second kappa shape index (κ2) is 5.37. The molecular weight excluding hydrogens is 120 g/mol. The van der Waals surface area contributed by atoms with Crippen molar-refractivity contribution in [3.63, 3.8) is 0 Å². The van der Waals surface area contributed by atoms with Crippen LogP contribution in [0.1, 0.15) is 6.92 Å². The van der Waals surface area contributed by atoms with E-state index in [4.69, 9.17) is 10.5 Å². The molecule has 0 aromatic heterocycles.